The zero-order valence-corrected chi connectivity index (χ0v) is 15.6. The number of unbranched alkanes of at least 4 members (excludes halogenated alkanes) is 1. The van der Waals surface area contributed by atoms with Crippen molar-refractivity contribution in [1.29, 1.82) is 0 Å². The predicted molar refractivity (Wildman–Crippen MR) is 104 cm³/mol. The van der Waals surface area contributed by atoms with Gasteiger partial charge in [0.05, 0.1) is 6.42 Å². The van der Waals surface area contributed by atoms with Crippen LogP contribution in [0.5, 0.6) is 5.75 Å². The molecule has 0 aromatic heterocycles. The van der Waals surface area contributed by atoms with Crippen molar-refractivity contribution in [2.75, 3.05) is 13.1 Å². The number of hydrogen-bond donors (Lipinski definition) is 2. The molecule has 1 amide bonds. The molecule has 0 aliphatic rings. The van der Waals surface area contributed by atoms with Crippen molar-refractivity contribution >= 4 is 29.9 Å². The first-order chi connectivity index (χ1) is 11.7. The second-order valence-corrected chi connectivity index (χ2v) is 6.02. The van der Waals surface area contributed by atoms with Gasteiger partial charge in [-0.1, -0.05) is 35.9 Å². The summed E-state index contributed by atoms with van der Waals surface area (Å²) in [6, 6.07) is 15.1. The van der Waals surface area contributed by atoms with Crippen LogP contribution in [0.1, 0.15) is 24.0 Å². The monoisotopic (exact) mass is 382 g/mol. The van der Waals surface area contributed by atoms with Crippen LogP contribution in [0.3, 0.4) is 0 Å². The molecule has 0 aliphatic carbocycles. The smallest absolute Gasteiger partial charge is 0.224 e. The molecule has 0 saturated carbocycles. The van der Waals surface area contributed by atoms with E-state index in [1.807, 2.05) is 48.5 Å². The van der Waals surface area contributed by atoms with Crippen LogP contribution in [-0.4, -0.2) is 19.0 Å². The number of ether oxygens (including phenoxy) is 1. The molecule has 3 N–H and O–H groups in total. The van der Waals surface area contributed by atoms with Gasteiger partial charge in [0.15, 0.2) is 0 Å². The summed E-state index contributed by atoms with van der Waals surface area (Å²) in [4.78, 5) is 11.9. The van der Waals surface area contributed by atoms with Crippen molar-refractivity contribution in [3.8, 4) is 5.75 Å². The van der Waals surface area contributed by atoms with Crippen LogP contribution in [0.2, 0.25) is 5.02 Å². The van der Waals surface area contributed by atoms with Crippen LogP contribution in [-0.2, 0) is 17.8 Å². The number of nitrogens with one attached hydrogen (secondary N) is 1. The number of benzene rings is 2. The first kappa shape index (κ1) is 21.3. The molecule has 0 unspecified atom stereocenters. The zero-order chi connectivity index (χ0) is 17.2. The average molecular weight is 383 g/mol. The van der Waals surface area contributed by atoms with E-state index in [0.717, 1.165) is 29.7 Å². The van der Waals surface area contributed by atoms with E-state index in [1.54, 1.807) is 0 Å². The van der Waals surface area contributed by atoms with Crippen LogP contribution < -0.4 is 15.8 Å². The lowest BCUT2D eigenvalue weighted by molar-refractivity contribution is -0.120. The van der Waals surface area contributed by atoms with Gasteiger partial charge in [0.25, 0.3) is 0 Å². The number of halogens is 2. The highest BCUT2D eigenvalue weighted by atomic mass is 35.5. The molecule has 0 spiro atoms. The third-order valence-corrected chi connectivity index (χ3v) is 3.79. The Bertz CT molecular complexity index is 648. The van der Waals surface area contributed by atoms with E-state index in [2.05, 4.69) is 5.32 Å². The maximum Gasteiger partial charge on any atom is 0.224 e. The van der Waals surface area contributed by atoms with Gasteiger partial charge in [0, 0.05) is 11.6 Å². The largest absolute Gasteiger partial charge is 0.489 e. The molecule has 0 fully saturated rings. The number of rotatable bonds is 9. The fourth-order valence-electron chi connectivity index (χ4n) is 2.24. The van der Waals surface area contributed by atoms with E-state index < -0.39 is 0 Å². The molecule has 2 aromatic rings. The van der Waals surface area contributed by atoms with Gasteiger partial charge in [-0.25, -0.2) is 0 Å². The summed E-state index contributed by atoms with van der Waals surface area (Å²) >= 11 is 5.87. The Labute approximate surface area is 160 Å². The first-order valence-electron chi connectivity index (χ1n) is 8.10. The molecule has 0 bridgehead atoms. The fourth-order valence-corrected chi connectivity index (χ4v) is 2.36. The van der Waals surface area contributed by atoms with Gasteiger partial charge in [-0.05, 0) is 54.8 Å². The highest BCUT2D eigenvalue weighted by Gasteiger charge is 2.04. The van der Waals surface area contributed by atoms with Gasteiger partial charge in [-0.15, -0.1) is 12.4 Å². The van der Waals surface area contributed by atoms with Gasteiger partial charge in [0.1, 0.15) is 12.4 Å². The predicted octanol–water partition coefficient (Wildman–Crippen LogP) is 3.74. The van der Waals surface area contributed by atoms with Crippen LogP contribution in [0.25, 0.3) is 0 Å². The summed E-state index contributed by atoms with van der Waals surface area (Å²) in [6.07, 6.45) is 2.18. The fraction of sp³-hybridized carbons (Fsp3) is 0.316. The van der Waals surface area contributed by atoms with Crippen molar-refractivity contribution in [1.82, 2.24) is 5.32 Å². The molecular formula is C19H24Cl2N2O2. The first-order valence-corrected chi connectivity index (χ1v) is 8.48. The lowest BCUT2D eigenvalue weighted by Crippen LogP contribution is -2.26. The summed E-state index contributed by atoms with van der Waals surface area (Å²) in [7, 11) is 0. The van der Waals surface area contributed by atoms with Crippen molar-refractivity contribution in [3.05, 3.63) is 64.7 Å². The Morgan fingerprint density at radius 2 is 1.84 bits per heavy atom. The third-order valence-electron chi connectivity index (χ3n) is 3.53. The maximum atomic E-state index is 11.9. The molecule has 136 valence electrons. The Morgan fingerprint density at radius 3 is 2.56 bits per heavy atom. The molecular weight excluding hydrogens is 359 g/mol. The molecule has 2 aromatic carbocycles. The van der Waals surface area contributed by atoms with E-state index in [1.165, 1.54) is 0 Å². The lowest BCUT2D eigenvalue weighted by atomic mass is 10.1. The van der Waals surface area contributed by atoms with E-state index >= 15 is 0 Å². The van der Waals surface area contributed by atoms with Crippen LogP contribution >= 0.6 is 24.0 Å². The summed E-state index contributed by atoms with van der Waals surface area (Å²) in [5, 5.41) is 3.61. The molecule has 2 rings (SSSR count). The minimum atomic E-state index is 0. The maximum absolute atomic E-state index is 11.9. The quantitative estimate of drug-likeness (QED) is 0.649. The van der Waals surface area contributed by atoms with Crippen LogP contribution in [0, 0.1) is 0 Å². The van der Waals surface area contributed by atoms with Crippen molar-refractivity contribution in [2.45, 2.75) is 25.9 Å². The van der Waals surface area contributed by atoms with Crippen molar-refractivity contribution in [3.63, 3.8) is 0 Å². The van der Waals surface area contributed by atoms with Gasteiger partial charge in [-0.2, -0.15) is 0 Å². The molecule has 4 nitrogen and oxygen atoms in total. The van der Waals surface area contributed by atoms with Gasteiger partial charge >= 0.3 is 0 Å². The normalized spacial score (nSPS) is 10.0. The zero-order valence-electron chi connectivity index (χ0n) is 14.0. The van der Waals surface area contributed by atoms with E-state index in [0.29, 0.717) is 31.1 Å². The standard InChI is InChI=1S/C19H23ClN2O2.ClH/c20-17-8-6-15(7-9-17)14-24-18-5-3-4-16(12-18)13-19(23)22-11-2-1-10-21;/h3-9,12H,1-2,10-11,13-14,21H2,(H,22,23);1H. The SMILES string of the molecule is Cl.NCCCCNC(=O)Cc1cccc(OCc2ccc(Cl)cc2)c1. The van der Waals surface area contributed by atoms with E-state index in [9.17, 15) is 4.79 Å². The summed E-state index contributed by atoms with van der Waals surface area (Å²) < 4.78 is 5.78. The van der Waals surface area contributed by atoms with Gasteiger partial charge in [-0.3, -0.25) is 4.79 Å². The number of amides is 1. The summed E-state index contributed by atoms with van der Waals surface area (Å²) in [5.74, 6) is 0.764. The van der Waals surface area contributed by atoms with Crippen molar-refractivity contribution in [2.24, 2.45) is 5.73 Å². The molecule has 25 heavy (non-hydrogen) atoms. The highest BCUT2D eigenvalue weighted by molar-refractivity contribution is 6.30. The summed E-state index contributed by atoms with van der Waals surface area (Å²) in [5.41, 5.74) is 7.40. The second kappa shape index (κ2) is 11.7. The highest BCUT2D eigenvalue weighted by Crippen LogP contribution is 2.16. The minimum absolute atomic E-state index is 0. The van der Waals surface area contributed by atoms with Crippen LogP contribution in [0.4, 0.5) is 0 Å². The topological polar surface area (TPSA) is 64.3 Å². The number of carbonyl (C=O) groups excluding carboxylic acids is 1. The third kappa shape index (κ3) is 8.25. The van der Waals surface area contributed by atoms with Gasteiger partial charge < -0.3 is 15.8 Å². The Kier molecular flexibility index (Phi) is 10.0. The molecule has 0 aliphatic heterocycles. The van der Waals surface area contributed by atoms with E-state index in [-0.39, 0.29) is 18.3 Å². The number of carbonyl (C=O) groups is 1. The number of nitrogens with two attached hydrogens (primary N) is 1. The minimum Gasteiger partial charge on any atom is -0.489 e. The summed E-state index contributed by atoms with van der Waals surface area (Å²) in [6.45, 7) is 1.79. The molecule has 0 saturated heterocycles. The Hall–Kier alpha value is -1.75. The Balaban J connectivity index is 0.00000312. The van der Waals surface area contributed by atoms with Crippen molar-refractivity contribution < 1.29 is 9.53 Å². The van der Waals surface area contributed by atoms with Crippen LogP contribution in [0.15, 0.2) is 48.5 Å². The molecule has 0 atom stereocenters. The Morgan fingerprint density at radius 1 is 1.08 bits per heavy atom. The van der Waals surface area contributed by atoms with E-state index in [4.69, 9.17) is 22.1 Å². The number of hydrogen-bond acceptors (Lipinski definition) is 3. The van der Waals surface area contributed by atoms with Gasteiger partial charge in [0.2, 0.25) is 5.91 Å². The lowest BCUT2D eigenvalue weighted by Gasteiger charge is -2.09. The second-order valence-electron chi connectivity index (χ2n) is 5.59. The molecule has 6 heteroatoms. The molecule has 0 heterocycles. The molecule has 0 radical (unpaired) electrons. The average Bonchev–Trinajstić information content (AvgIpc) is 2.59.